The van der Waals surface area contributed by atoms with Gasteiger partial charge in [-0.05, 0) is 23.8 Å². The molecular weight excluding hydrogens is 441 g/mol. The molecule has 176 valence electrons. The number of alkyl halides is 2. The Kier molecular flexibility index (Phi) is 6.32. The van der Waals surface area contributed by atoms with Crippen molar-refractivity contribution in [1.29, 1.82) is 0 Å². The lowest BCUT2D eigenvalue weighted by molar-refractivity contribution is -0.0137. The standard InChI is InChI=1S/C22H23F3N4O4/c23-11-22(12-24)9-18(15-2-1-3-16(25)19(15)33-22)27-20(31)26-14-5-4-13-10-29(6-7-30)21(32)28-17(13)8-14/h1-5,8,18,30H,6-7,9-12H2,(H,28,32)(H2,26,27,31)/t18-/m1/s1. The van der Waals surface area contributed by atoms with E-state index < -0.39 is 36.8 Å². The minimum Gasteiger partial charge on any atom is -0.478 e. The Labute approximate surface area is 187 Å². The molecule has 0 saturated heterocycles. The highest BCUT2D eigenvalue weighted by molar-refractivity contribution is 5.95. The Morgan fingerprint density at radius 3 is 2.79 bits per heavy atom. The predicted molar refractivity (Wildman–Crippen MR) is 114 cm³/mol. The van der Waals surface area contributed by atoms with Crippen LogP contribution in [-0.2, 0) is 6.54 Å². The highest BCUT2D eigenvalue weighted by atomic mass is 19.1. The summed E-state index contributed by atoms with van der Waals surface area (Å²) in [6.07, 6.45) is -0.217. The number of para-hydroxylation sites is 1. The van der Waals surface area contributed by atoms with E-state index >= 15 is 0 Å². The number of aliphatic hydroxyl groups excluding tert-OH is 1. The van der Waals surface area contributed by atoms with E-state index in [1.807, 2.05) is 0 Å². The fourth-order valence-electron chi connectivity index (χ4n) is 3.98. The summed E-state index contributed by atoms with van der Waals surface area (Å²) in [6.45, 7) is -2.02. The number of hydrogen-bond acceptors (Lipinski definition) is 4. The zero-order valence-corrected chi connectivity index (χ0v) is 17.5. The summed E-state index contributed by atoms with van der Waals surface area (Å²) in [5, 5.41) is 17.0. The fraction of sp³-hybridized carbons (Fsp3) is 0.364. The van der Waals surface area contributed by atoms with E-state index in [1.54, 1.807) is 18.2 Å². The molecule has 11 heteroatoms. The summed E-state index contributed by atoms with van der Waals surface area (Å²) >= 11 is 0. The molecule has 0 radical (unpaired) electrons. The molecule has 2 aromatic carbocycles. The highest BCUT2D eigenvalue weighted by Crippen LogP contribution is 2.41. The van der Waals surface area contributed by atoms with Crippen molar-refractivity contribution in [3.8, 4) is 5.75 Å². The molecule has 33 heavy (non-hydrogen) atoms. The first-order valence-electron chi connectivity index (χ1n) is 10.3. The van der Waals surface area contributed by atoms with Gasteiger partial charge < -0.3 is 30.7 Å². The Bertz CT molecular complexity index is 1060. The number of rotatable bonds is 6. The lowest BCUT2D eigenvalue weighted by Gasteiger charge is -2.39. The summed E-state index contributed by atoms with van der Waals surface area (Å²) in [6, 6.07) is 7.08. The number of halogens is 3. The van der Waals surface area contributed by atoms with E-state index in [0.29, 0.717) is 17.9 Å². The minimum absolute atomic E-state index is 0.159. The van der Waals surface area contributed by atoms with Crippen LogP contribution in [0.4, 0.5) is 34.1 Å². The number of carbonyl (C=O) groups excluding carboxylic acids is 2. The molecule has 1 atom stereocenters. The number of anilines is 2. The molecule has 2 aromatic rings. The van der Waals surface area contributed by atoms with Gasteiger partial charge in [-0.1, -0.05) is 18.2 Å². The number of hydrogen-bond donors (Lipinski definition) is 4. The lowest BCUT2D eigenvalue weighted by atomic mass is 9.88. The van der Waals surface area contributed by atoms with Crippen LogP contribution in [0, 0.1) is 5.82 Å². The highest BCUT2D eigenvalue weighted by Gasteiger charge is 2.43. The van der Waals surface area contributed by atoms with Crippen LogP contribution in [0.25, 0.3) is 0 Å². The molecule has 2 aliphatic heterocycles. The molecule has 0 saturated carbocycles. The molecule has 4 amide bonds. The number of nitrogens with one attached hydrogen (secondary N) is 3. The zero-order valence-electron chi connectivity index (χ0n) is 17.5. The normalized spacial score (nSPS) is 18.5. The molecule has 4 N–H and O–H groups in total. The number of ether oxygens (including phenoxy) is 1. The van der Waals surface area contributed by atoms with Crippen LogP contribution in [0.3, 0.4) is 0 Å². The number of nitrogens with zero attached hydrogens (tertiary/aromatic N) is 1. The molecular formula is C22H23F3N4O4. The third-order valence-electron chi connectivity index (χ3n) is 5.69. The quantitative estimate of drug-likeness (QED) is 0.526. The molecule has 2 aliphatic rings. The summed E-state index contributed by atoms with van der Waals surface area (Å²) in [7, 11) is 0. The maximum absolute atomic E-state index is 14.3. The van der Waals surface area contributed by atoms with Crippen LogP contribution in [0.1, 0.15) is 23.6 Å². The zero-order chi connectivity index (χ0) is 23.6. The van der Waals surface area contributed by atoms with E-state index in [9.17, 15) is 22.8 Å². The number of benzene rings is 2. The predicted octanol–water partition coefficient (Wildman–Crippen LogP) is 3.49. The van der Waals surface area contributed by atoms with Gasteiger partial charge in [0.25, 0.3) is 0 Å². The third-order valence-corrected chi connectivity index (χ3v) is 5.69. The number of carbonyl (C=O) groups is 2. The average Bonchev–Trinajstić information content (AvgIpc) is 2.80. The van der Waals surface area contributed by atoms with Gasteiger partial charge in [-0.15, -0.1) is 0 Å². The van der Waals surface area contributed by atoms with Gasteiger partial charge in [0.05, 0.1) is 12.6 Å². The van der Waals surface area contributed by atoms with Crippen molar-refractivity contribution in [2.45, 2.75) is 24.6 Å². The van der Waals surface area contributed by atoms with Crippen LogP contribution in [0.5, 0.6) is 5.75 Å². The Morgan fingerprint density at radius 2 is 2.06 bits per heavy atom. The SMILES string of the molecule is O=C(Nc1ccc2c(c1)NC(=O)N(CCO)C2)N[C@@H]1CC(CF)(CF)Oc2c(F)cccc21. The number of amides is 4. The monoisotopic (exact) mass is 464 g/mol. The first-order valence-corrected chi connectivity index (χ1v) is 10.3. The first-order chi connectivity index (χ1) is 15.9. The summed E-state index contributed by atoms with van der Waals surface area (Å²) < 4.78 is 46.8. The van der Waals surface area contributed by atoms with E-state index in [-0.39, 0.29) is 36.9 Å². The second-order valence-electron chi connectivity index (χ2n) is 8.01. The van der Waals surface area contributed by atoms with Crippen molar-refractivity contribution in [3.05, 3.63) is 53.3 Å². The number of urea groups is 2. The average molecular weight is 464 g/mol. The van der Waals surface area contributed by atoms with E-state index in [4.69, 9.17) is 9.84 Å². The van der Waals surface area contributed by atoms with Gasteiger partial charge in [0.15, 0.2) is 17.2 Å². The number of fused-ring (bicyclic) bond motifs is 2. The van der Waals surface area contributed by atoms with Crippen molar-refractivity contribution in [2.75, 3.05) is 37.1 Å². The van der Waals surface area contributed by atoms with Crippen LogP contribution in [-0.4, -0.2) is 54.2 Å². The molecule has 0 aromatic heterocycles. The van der Waals surface area contributed by atoms with Crippen molar-refractivity contribution in [3.63, 3.8) is 0 Å². The number of β-amino-alcohol motifs (C(OH)–C–C–N with tert-alkyl or cyclic N) is 1. The molecule has 8 nitrogen and oxygen atoms in total. The molecule has 0 fully saturated rings. The van der Waals surface area contributed by atoms with E-state index in [1.165, 1.54) is 17.0 Å². The Morgan fingerprint density at radius 1 is 1.27 bits per heavy atom. The van der Waals surface area contributed by atoms with Crippen molar-refractivity contribution in [1.82, 2.24) is 10.2 Å². The summed E-state index contributed by atoms with van der Waals surface area (Å²) in [5.41, 5.74) is 0.0853. The maximum atomic E-state index is 14.3. The Balaban J connectivity index is 1.50. The minimum atomic E-state index is -1.89. The lowest BCUT2D eigenvalue weighted by Crippen LogP contribution is -2.49. The van der Waals surface area contributed by atoms with Gasteiger partial charge in [0, 0.05) is 36.4 Å². The van der Waals surface area contributed by atoms with Crippen LogP contribution in [0.2, 0.25) is 0 Å². The molecule has 4 rings (SSSR count). The second kappa shape index (κ2) is 9.18. The van der Waals surface area contributed by atoms with Gasteiger partial charge in [0.1, 0.15) is 13.3 Å². The van der Waals surface area contributed by atoms with Crippen molar-refractivity contribution >= 4 is 23.4 Å². The van der Waals surface area contributed by atoms with Gasteiger partial charge in [-0.3, -0.25) is 0 Å². The summed E-state index contributed by atoms with van der Waals surface area (Å²) in [5.74, 6) is -1.06. The van der Waals surface area contributed by atoms with E-state index in [0.717, 1.165) is 11.6 Å². The van der Waals surface area contributed by atoms with Crippen LogP contribution >= 0.6 is 0 Å². The molecule has 0 spiro atoms. The van der Waals surface area contributed by atoms with Gasteiger partial charge in [-0.2, -0.15) is 0 Å². The van der Waals surface area contributed by atoms with Crippen molar-refractivity contribution in [2.24, 2.45) is 0 Å². The topological polar surface area (TPSA) is 103 Å². The third kappa shape index (κ3) is 4.54. The molecule has 2 heterocycles. The molecule has 0 bridgehead atoms. The smallest absolute Gasteiger partial charge is 0.322 e. The molecule has 0 unspecified atom stereocenters. The largest absolute Gasteiger partial charge is 0.478 e. The van der Waals surface area contributed by atoms with Gasteiger partial charge in [0.2, 0.25) is 0 Å². The maximum Gasteiger partial charge on any atom is 0.322 e. The van der Waals surface area contributed by atoms with Crippen LogP contribution < -0.4 is 20.7 Å². The summed E-state index contributed by atoms with van der Waals surface area (Å²) in [4.78, 5) is 26.2. The molecule has 0 aliphatic carbocycles. The van der Waals surface area contributed by atoms with E-state index in [2.05, 4.69) is 16.0 Å². The van der Waals surface area contributed by atoms with Crippen LogP contribution in [0.15, 0.2) is 36.4 Å². The Hall–Kier alpha value is -3.47. The fourth-order valence-corrected chi connectivity index (χ4v) is 3.98. The van der Waals surface area contributed by atoms with Gasteiger partial charge in [-0.25, -0.2) is 22.8 Å². The van der Waals surface area contributed by atoms with Crippen molar-refractivity contribution < 1.29 is 32.6 Å². The number of aliphatic hydroxyl groups is 1. The second-order valence-corrected chi connectivity index (χ2v) is 8.01. The van der Waals surface area contributed by atoms with Gasteiger partial charge >= 0.3 is 12.1 Å². The first kappa shape index (κ1) is 22.7.